The quantitative estimate of drug-likeness (QED) is 0.736. The largest absolute Gasteiger partial charge is 0.496 e. The molecule has 0 spiro atoms. The van der Waals surface area contributed by atoms with Gasteiger partial charge in [0.05, 0.1) is 7.11 Å². The Morgan fingerprint density at radius 1 is 1.41 bits per heavy atom. The number of benzene rings is 1. The number of nitrogens with zero attached hydrogens (tertiary/aromatic N) is 1. The molecule has 1 aromatic carbocycles. The van der Waals surface area contributed by atoms with E-state index in [2.05, 4.69) is 17.1 Å². The zero-order valence-corrected chi connectivity index (χ0v) is 10.8. The van der Waals surface area contributed by atoms with Crippen LogP contribution in [0.2, 0.25) is 0 Å². The van der Waals surface area contributed by atoms with Crippen LogP contribution >= 0.6 is 0 Å². The minimum Gasteiger partial charge on any atom is -0.496 e. The van der Waals surface area contributed by atoms with E-state index >= 15 is 0 Å². The van der Waals surface area contributed by atoms with Crippen LogP contribution in [0.25, 0.3) is 0 Å². The molecule has 17 heavy (non-hydrogen) atoms. The number of ether oxygens (including phenoxy) is 1. The van der Waals surface area contributed by atoms with E-state index in [4.69, 9.17) is 4.74 Å². The minimum absolute atomic E-state index is 0.209. The molecule has 0 aliphatic carbocycles. The number of methoxy groups -OCH3 is 1. The molecule has 1 rings (SSSR count). The van der Waals surface area contributed by atoms with Gasteiger partial charge in [0.25, 0.3) is 0 Å². The van der Waals surface area contributed by atoms with Crippen molar-refractivity contribution in [2.24, 2.45) is 0 Å². The van der Waals surface area contributed by atoms with Crippen LogP contribution in [0.1, 0.15) is 12.5 Å². The highest BCUT2D eigenvalue weighted by molar-refractivity contribution is 5.34. The molecule has 0 bridgehead atoms. The van der Waals surface area contributed by atoms with E-state index in [0.29, 0.717) is 17.9 Å². The summed E-state index contributed by atoms with van der Waals surface area (Å²) in [7, 11) is 3.54. The first kappa shape index (κ1) is 13.9. The molecule has 0 atom stereocenters. The monoisotopic (exact) mass is 240 g/mol. The van der Waals surface area contributed by atoms with Gasteiger partial charge in [0, 0.05) is 25.2 Å². The van der Waals surface area contributed by atoms with Gasteiger partial charge in [-0.1, -0.05) is 13.0 Å². The summed E-state index contributed by atoms with van der Waals surface area (Å²) in [5, 5.41) is 3.24. The van der Waals surface area contributed by atoms with Crippen LogP contribution in [0.15, 0.2) is 18.2 Å². The van der Waals surface area contributed by atoms with Crippen LogP contribution in [-0.4, -0.2) is 38.7 Å². The molecule has 0 radical (unpaired) electrons. The average molecular weight is 240 g/mol. The van der Waals surface area contributed by atoms with Crippen molar-refractivity contribution in [2.45, 2.75) is 13.5 Å². The van der Waals surface area contributed by atoms with Crippen molar-refractivity contribution in [3.8, 4) is 5.75 Å². The zero-order chi connectivity index (χ0) is 12.7. The molecule has 0 heterocycles. The fourth-order valence-electron chi connectivity index (χ4n) is 1.68. The van der Waals surface area contributed by atoms with Crippen LogP contribution in [-0.2, 0) is 6.54 Å². The molecular weight excluding hydrogens is 219 g/mol. The number of halogens is 1. The second-order valence-corrected chi connectivity index (χ2v) is 4.01. The third-order valence-electron chi connectivity index (χ3n) is 2.64. The van der Waals surface area contributed by atoms with Crippen LogP contribution < -0.4 is 10.1 Å². The van der Waals surface area contributed by atoms with Crippen molar-refractivity contribution < 1.29 is 9.13 Å². The summed E-state index contributed by atoms with van der Waals surface area (Å²) in [5.41, 5.74) is 0.619. The van der Waals surface area contributed by atoms with Gasteiger partial charge in [-0.05, 0) is 25.7 Å². The summed E-state index contributed by atoms with van der Waals surface area (Å²) < 4.78 is 18.8. The molecule has 0 saturated heterocycles. The summed E-state index contributed by atoms with van der Waals surface area (Å²) in [6.07, 6.45) is 0. The lowest BCUT2D eigenvalue weighted by molar-refractivity contribution is 0.310. The second kappa shape index (κ2) is 7.25. The van der Waals surface area contributed by atoms with E-state index in [0.717, 1.165) is 19.6 Å². The first-order valence-corrected chi connectivity index (χ1v) is 5.89. The van der Waals surface area contributed by atoms with Gasteiger partial charge in [0.2, 0.25) is 0 Å². The van der Waals surface area contributed by atoms with Crippen LogP contribution in [0.4, 0.5) is 4.39 Å². The molecule has 1 aromatic rings. The summed E-state index contributed by atoms with van der Waals surface area (Å²) in [6.45, 7) is 5.37. The third-order valence-corrected chi connectivity index (χ3v) is 2.64. The summed E-state index contributed by atoms with van der Waals surface area (Å²) in [6, 6.07) is 4.92. The van der Waals surface area contributed by atoms with E-state index in [1.54, 1.807) is 19.2 Å². The molecule has 0 unspecified atom stereocenters. The fourth-order valence-corrected chi connectivity index (χ4v) is 1.68. The van der Waals surface area contributed by atoms with Gasteiger partial charge in [0.1, 0.15) is 11.6 Å². The lowest BCUT2D eigenvalue weighted by Gasteiger charge is -2.18. The van der Waals surface area contributed by atoms with Crippen LogP contribution in [0.3, 0.4) is 0 Å². The number of hydrogen-bond acceptors (Lipinski definition) is 3. The number of rotatable bonds is 7. The van der Waals surface area contributed by atoms with Gasteiger partial charge in [-0.3, -0.25) is 0 Å². The maximum atomic E-state index is 13.7. The van der Waals surface area contributed by atoms with Crippen molar-refractivity contribution in [1.82, 2.24) is 10.2 Å². The molecular formula is C13H21FN2O. The molecule has 3 nitrogen and oxygen atoms in total. The Balaban J connectivity index is 2.60. The molecule has 0 amide bonds. The van der Waals surface area contributed by atoms with Crippen molar-refractivity contribution in [2.75, 3.05) is 33.8 Å². The van der Waals surface area contributed by atoms with E-state index in [1.165, 1.54) is 6.07 Å². The van der Waals surface area contributed by atoms with E-state index in [9.17, 15) is 4.39 Å². The summed E-state index contributed by atoms with van der Waals surface area (Å²) in [5.74, 6) is 0.403. The average Bonchev–Trinajstić information content (AvgIpc) is 2.32. The highest BCUT2D eigenvalue weighted by Crippen LogP contribution is 2.22. The maximum Gasteiger partial charge on any atom is 0.131 e. The Morgan fingerprint density at radius 3 is 2.82 bits per heavy atom. The van der Waals surface area contributed by atoms with Crippen LogP contribution in [0, 0.1) is 5.82 Å². The minimum atomic E-state index is -0.209. The van der Waals surface area contributed by atoms with E-state index in [-0.39, 0.29) is 5.82 Å². The predicted octanol–water partition coefficient (Wildman–Crippen LogP) is 1.88. The maximum absolute atomic E-state index is 13.7. The molecule has 0 aliphatic heterocycles. The number of nitrogens with one attached hydrogen (secondary N) is 1. The lowest BCUT2D eigenvalue weighted by atomic mass is 10.1. The summed E-state index contributed by atoms with van der Waals surface area (Å²) >= 11 is 0. The number of hydrogen-bond donors (Lipinski definition) is 1. The van der Waals surface area contributed by atoms with Gasteiger partial charge in [-0.15, -0.1) is 0 Å². The fraction of sp³-hybridized carbons (Fsp3) is 0.538. The van der Waals surface area contributed by atoms with Crippen molar-refractivity contribution in [3.05, 3.63) is 29.6 Å². The van der Waals surface area contributed by atoms with Crippen molar-refractivity contribution >= 4 is 0 Å². The van der Waals surface area contributed by atoms with E-state index in [1.807, 2.05) is 7.05 Å². The Kier molecular flexibility index (Phi) is 5.94. The summed E-state index contributed by atoms with van der Waals surface area (Å²) in [4.78, 5) is 2.07. The van der Waals surface area contributed by atoms with Gasteiger partial charge >= 0.3 is 0 Å². The number of likely N-dealkylation sites (N-methyl/N-ethyl adjacent to an activating group) is 2. The SMILES string of the molecule is CCNCCN(C)Cc1c(F)cccc1OC. The molecule has 0 saturated carbocycles. The third kappa shape index (κ3) is 4.32. The first-order valence-electron chi connectivity index (χ1n) is 5.89. The molecule has 0 aliphatic rings. The Hall–Kier alpha value is -1.13. The molecule has 4 heteroatoms. The molecule has 96 valence electrons. The smallest absolute Gasteiger partial charge is 0.131 e. The molecule has 0 aromatic heterocycles. The molecule has 1 N–H and O–H groups in total. The normalized spacial score (nSPS) is 10.9. The first-order chi connectivity index (χ1) is 8.19. The topological polar surface area (TPSA) is 24.5 Å². The lowest BCUT2D eigenvalue weighted by Crippen LogP contribution is -2.29. The van der Waals surface area contributed by atoms with Crippen LogP contribution in [0.5, 0.6) is 5.75 Å². The van der Waals surface area contributed by atoms with Gasteiger partial charge in [-0.2, -0.15) is 0 Å². The van der Waals surface area contributed by atoms with Crippen molar-refractivity contribution in [1.29, 1.82) is 0 Å². The van der Waals surface area contributed by atoms with Gasteiger partial charge in [0.15, 0.2) is 0 Å². The Bertz CT molecular complexity index is 344. The molecule has 0 fully saturated rings. The Morgan fingerprint density at radius 2 is 2.18 bits per heavy atom. The standard InChI is InChI=1S/C13H21FN2O/c1-4-15-8-9-16(2)10-11-12(14)6-5-7-13(11)17-3/h5-7,15H,4,8-10H2,1-3H3. The highest BCUT2D eigenvalue weighted by Gasteiger charge is 2.10. The Labute approximate surface area is 103 Å². The van der Waals surface area contributed by atoms with Gasteiger partial charge < -0.3 is 15.0 Å². The van der Waals surface area contributed by atoms with E-state index < -0.39 is 0 Å². The highest BCUT2D eigenvalue weighted by atomic mass is 19.1. The second-order valence-electron chi connectivity index (χ2n) is 4.01. The zero-order valence-electron chi connectivity index (χ0n) is 10.8. The van der Waals surface area contributed by atoms with Gasteiger partial charge in [-0.25, -0.2) is 4.39 Å². The predicted molar refractivity (Wildman–Crippen MR) is 67.8 cm³/mol. The van der Waals surface area contributed by atoms with Crippen molar-refractivity contribution in [3.63, 3.8) is 0 Å².